The average Bonchev–Trinajstić information content (AvgIpc) is 2.53. The third-order valence-electron chi connectivity index (χ3n) is 3.22. The standard InChI is InChI=1S/C10H18N4/c1-10(2)4-8(10)5-11-6-9-7-12-13-14(9)3/h7-8,11H,4-6H2,1-3H3. The maximum absolute atomic E-state index is 3.89. The fraction of sp³-hybridized carbons (Fsp3) is 0.800. The van der Waals surface area contributed by atoms with E-state index in [4.69, 9.17) is 0 Å². The van der Waals surface area contributed by atoms with Gasteiger partial charge in [-0.25, -0.2) is 0 Å². The Kier molecular flexibility index (Phi) is 2.31. The van der Waals surface area contributed by atoms with Crippen LogP contribution in [0, 0.1) is 11.3 Å². The maximum atomic E-state index is 3.89. The summed E-state index contributed by atoms with van der Waals surface area (Å²) in [5.74, 6) is 0.851. The first kappa shape index (κ1) is 9.65. The Bertz CT molecular complexity index is 316. The SMILES string of the molecule is Cn1nncc1CNCC1CC1(C)C. The first-order valence-electron chi connectivity index (χ1n) is 5.14. The summed E-state index contributed by atoms with van der Waals surface area (Å²) in [6.07, 6.45) is 3.16. The van der Waals surface area contributed by atoms with Crippen LogP contribution in [0.5, 0.6) is 0 Å². The summed E-state index contributed by atoms with van der Waals surface area (Å²) >= 11 is 0. The normalized spacial score (nSPS) is 23.8. The smallest absolute Gasteiger partial charge is 0.0738 e. The van der Waals surface area contributed by atoms with Crippen molar-refractivity contribution in [3.05, 3.63) is 11.9 Å². The van der Waals surface area contributed by atoms with E-state index in [1.807, 2.05) is 17.9 Å². The van der Waals surface area contributed by atoms with Gasteiger partial charge in [-0.05, 0) is 24.3 Å². The van der Waals surface area contributed by atoms with Gasteiger partial charge < -0.3 is 5.32 Å². The molecule has 0 spiro atoms. The molecule has 1 atom stereocenters. The van der Waals surface area contributed by atoms with Crippen molar-refractivity contribution in [2.75, 3.05) is 6.54 Å². The fourth-order valence-electron chi connectivity index (χ4n) is 1.77. The minimum atomic E-state index is 0.567. The fourth-order valence-corrected chi connectivity index (χ4v) is 1.77. The molecule has 2 rings (SSSR count). The maximum Gasteiger partial charge on any atom is 0.0738 e. The lowest BCUT2D eigenvalue weighted by Gasteiger charge is -2.05. The third kappa shape index (κ3) is 1.95. The largest absolute Gasteiger partial charge is 0.311 e. The van der Waals surface area contributed by atoms with Crippen molar-refractivity contribution in [3.63, 3.8) is 0 Å². The van der Waals surface area contributed by atoms with Crippen molar-refractivity contribution < 1.29 is 0 Å². The van der Waals surface area contributed by atoms with Crippen LogP contribution in [0.2, 0.25) is 0 Å². The van der Waals surface area contributed by atoms with Crippen molar-refractivity contribution in [1.82, 2.24) is 20.3 Å². The van der Waals surface area contributed by atoms with Crippen LogP contribution in [0.25, 0.3) is 0 Å². The van der Waals surface area contributed by atoms with Crippen molar-refractivity contribution in [2.24, 2.45) is 18.4 Å². The van der Waals surface area contributed by atoms with Crippen molar-refractivity contribution >= 4 is 0 Å². The van der Waals surface area contributed by atoms with Gasteiger partial charge in [0.2, 0.25) is 0 Å². The topological polar surface area (TPSA) is 42.7 Å². The molecule has 0 radical (unpaired) electrons. The Morgan fingerprint density at radius 3 is 2.86 bits per heavy atom. The summed E-state index contributed by atoms with van der Waals surface area (Å²) in [7, 11) is 1.92. The molecule has 1 aliphatic carbocycles. The number of hydrogen-bond donors (Lipinski definition) is 1. The molecule has 0 amide bonds. The first-order chi connectivity index (χ1) is 6.59. The van der Waals surface area contributed by atoms with E-state index in [0.29, 0.717) is 5.41 Å². The van der Waals surface area contributed by atoms with Gasteiger partial charge in [-0.15, -0.1) is 5.10 Å². The Labute approximate surface area is 84.7 Å². The molecule has 1 aromatic heterocycles. The molecule has 1 aromatic rings. The van der Waals surface area contributed by atoms with Gasteiger partial charge >= 0.3 is 0 Å². The Morgan fingerprint density at radius 2 is 2.36 bits per heavy atom. The Hall–Kier alpha value is -0.900. The molecule has 4 nitrogen and oxygen atoms in total. The van der Waals surface area contributed by atoms with Gasteiger partial charge in [0.15, 0.2) is 0 Å². The van der Waals surface area contributed by atoms with Gasteiger partial charge in [0.25, 0.3) is 0 Å². The highest BCUT2D eigenvalue weighted by atomic mass is 15.4. The van der Waals surface area contributed by atoms with E-state index in [2.05, 4.69) is 29.5 Å². The second kappa shape index (κ2) is 3.35. The summed E-state index contributed by atoms with van der Waals surface area (Å²) in [6.45, 7) is 6.63. The van der Waals surface area contributed by atoms with Gasteiger partial charge in [-0.1, -0.05) is 19.1 Å². The molecular weight excluding hydrogens is 176 g/mol. The van der Waals surface area contributed by atoms with E-state index in [1.165, 1.54) is 6.42 Å². The lowest BCUT2D eigenvalue weighted by atomic mass is 10.1. The molecule has 0 bridgehead atoms. The molecule has 0 aliphatic heterocycles. The highest BCUT2D eigenvalue weighted by Gasteiger charge is 2.44. The molecule has 1 aliphatic rings. The van der Waals surface area contributed by atoms with Crippen molar-refractivity contribution in [1.29, 1.82) is 0 Å². The molecule has 78 valence electrons. The van der Waals surface area contributed by atoms with Gasteiger partial charge in [0.05, 0.1) is 11.9 Å². The predicted molar refractivity (Wildman–Crippen MR) is 54.6 cm³/mol. The quantitative estimate of drug-likeness (QED) is 0.776. The number of aromatic nitrogens is 3. The molecular formula is C10H18N4. The van der Waals surface area contributed by atoms with E-state index in [9.17, 15) is 0 Å². The zero-order valence-electron chi connectivity index (χ0n) is 9.12. The zero-order valence-corrected chi connectivity index (χ0v) is 9.12. The average molecular weight is 194 g/mol. The van der Waals surface area contributed by atoms with Crippen molar-refractivity contribution in [2.45, 2.75) is 26.8 Å². The van der Waals surface area contributed by atoms with E-state index in [-0.39, 0.29) is 0 Å². The van der Waals surface area contributed by atoms with E-state index < -0.39 is 0 Å². The molecule has 0 aromatic carbocycles. The third-order valence-corrected chi connectivity index (χ3v) is 3.22. The monoisotopic (exact) mass is 194 g/mol. The second-order valence-electron chi connectivity index (χ2n) is 4.87. The first-order valence-corrected chi connectivity index (χ1v) is 5.14. The summed E-state index contributed by atoms with van der Waals surface area (Å²) in [6, 6.07) is 0. The molecule has 4 heteroatoms. The Balaban J connectivity index is 1.72. The summed E-state index contributed by atoms with van der Waals surface area (Å²) in [4.78, 5) is 0. The molecule has 1 fully saturated rings. The molecule has 1 unspecified atom stereocenters. The highest BCUT2D eigenvalue weighted by molar-refractivity contribution is 4.97. The Morgan fingerprint density at radius 1 is 1.64 bits per heavy atom. The van der Waals surface area contributed by atoms with Crippen molar-refractivity contribution in [3.8, 4) is 0 Å². The molecule has 0 saturated heterocycles. The van der Waals surface area contributed by atoms with Crippen LogP contribution < -0.4 is 5.32 Å². The number of hydrogen-bond acceptors (Lipinski definition) is 3. The van der Waals surface area contributed by atoms with Crippen LogP contribution in [0.15, 0.2) is 6.20 Å². The van der Waals surface area contributed by atoms with E-state index in [0.717, 1.165) is 24.7 Å². The van der Waals surface area contributed by atoms with Crippen LogP contribution in [0.4, 0.5) is 0 Å². The summed E-state index contributed by atoms with van der Waals surface area (Å²) < 4.78 is 1.81. The molecule has 1 N–H and O–H groups in total. The van der Waals surface area contributed by atoms with E-state index >= 15 is 0 Å². The predicted octanol–water partition coefficient (Wildman–Crippen LogP) is 0.951. The summed E-state index contributed by atoms with van der Waals surface area (Å²) in [5.41, 5.74) is 1.71. The number of nitrogens with zero attached hydrogens (tertiary/aromatic N) is 3. The van der Waals surface area contributed by atoms with Gasteiger partial charge in [-0.2, -0.15) is 0 Å². The minimum Gasteiger partial charge on any atom is -0.311 e. The van der Waals surface area contributed by atoms with Gasteiger partial charge in [-0.3, -0.25) is 4.68 Å². The lowest BCUT2D eigenvalue weighted by Crippen LogP contribution is -2.19. The van der Waals surface area contributed by atoms with Crippen LogP contribution in [-0.4, -0.2) is 21.5 Å². The zero-order chi connectivity index (χ0) is 10.2. The second-order valence-corrected chi connectivity index (χ2v) is 4.87. The van der Waals surface area contributed by atoms with Gasteiger partial charge in [0, 0.05) is 13.6 Å². The molecule has 1 saturated carbocycles. The van der Waals surface area contributed by atoms with Crippen LogP contribution in [0.3, 0.4) is 0 Å². The number of nitrogens with one attached hydrogen (secondary N) is 1. The number of aryl methyl sites for hydroxylation is 1. The molecule has 14 heavy (non-hydrogen) atoms. The van der Waals surface area contributed by atoms with Crippen LogP contribution in [-0.2, 0) is 13.6 Å². The van der Waals surface area contributed by atoms with Gasteiger partial charge in [0.1, 0.15) is 0 Å². The summed E-state index contributed by atoms with van der Waals surface area (Å²) in [5, 5.41) is 11.2. The minimum absolute atomic E-state index is 0.567. The lowest BCUT2D eigenvalue weighted by molar-refractivity contribution is 0.511. The highest BCUT2D eigenvalue weighted by Crippen LogP contribution is 2.50. The van der Waals surface area contributed by atoms with Crippen LogP contribution in [0.1, 0.15) is 26.0 Å². The number of rotatable bonds is 4. The van der Waals surface area contributed by atoms with Crippen LogP contribution >= 0.6 is 0 Å². The van der Waals surface area contributed by atoms with E-state index in [1.54, 1.807) is 0 Å². The molecule has 1 heterocycles.